The molecule has 0 saturated heterocycles. The van der Waals surface area contributed by atoms with Gasteiger partial charge in [-0.05, 0) is 37.3 Å². The average molecular weight is 400 g/mol. The van der Waals surface area contributed by atoms with Crippen LogP contribution in [0, 0.1) is 10.1 Å². The van der Waals surface area contributed by atoms with E-state index >= 15 is 0 Å². The van der Waals surface area contributed by atoms with Crippen LogP contribution in [0.25, 0.3) is 11.3 Å². The summed E-state index contributed by atoms with van der Waals surface area (Å²) in [5.74, 6) is -0.650. The van der Waals surface area contributed by atoms with Crippen molar-refractivity contribution in [3.8, 4) is 11.3 Å². The first-order chi connectivity index (χ1) is 13.4. The van der Waals surface area contributed by atoms with Crippen LogP contribution in [0.4, 0.5) is 11.4 Å². The van der Waals surface area contributed by atoms with E-state index in [1.165, 1.54) is 37.3 Å². The van der Waals surface area contributed by atoms with E-state index in [0.29, 0.717) is 11.3 Å². The van der Waals surface area contributed by atoms with Crippen molar-refractivity contribution in [2.24, 2.45) is 0 Å². The first kappa shape index (κ1) is 19.2. The lowest BCUT2D eigenvalue weighted by Crippen LogP contribution is -2.33. The second kappa shape index (κ2) is 7.97. The summed E-state index contributed by atoms with van der Waals surface area (Å²) in [5.41, 5.74) is 0.270. The Kier molecular flexibility index (Phi) is 5.46. The molecule has 0 fully saturated rings. The Morgan fingerprint density at radius 2 is 2.07 bits per heavy atom. The van der Waals surface area contributed by atoms with Gasteiger partial charge >= 0.3 is 0 Å². The van der Waals surface area contributed by atoms with Crippen molar-refractivity contribution in [2.75, 3.05) is 5.32 Å². The van der Waals surface area contributed by atoms with Crippen LogP contribution >= 0.6 is 11.6 Å². The van der Waals surface area contributed by atoms with Crippen LogP contribution < -0.4 is 10.9 Å². The number of hydrogen-bond donors (Lipinski definition) is 1. The van der Waals surface area contributed by atoms with Crippen LogP contribution in [0.2, 0.25) is 5.02 Å². The van der Waals surface area contributed by atoms with E-state index in [1.807, 2.05) is 0 Å². The van der Waals surface area contributed by atoms with Crippen molar-refractivity contribution < 1.29 is 9.72 Å². The molecule has 0 aliphatic rings. The van der Waals surface area contributed by atoms with Crippen molar-refractivity contribution >= 4 is 28.9 Å². The van der Waals surface area contributed by atoms with Crippen molar-refractivity contribution in [2.45, 2.75) is 13.0 Å². The second-order valence-electron chi connectivity index (χ2n) is 5.83. The summed E-state index contributed by atoms with van der Waals surface area (Å²) >= 11 is 5.87. The molecule has 2 aromatic heterocycles. The number of carbonyl (C=O) groups excluding carboxylic acids is 1. The summed E-state index contributed by atoms with van der Waals surface area (Å²) in [4.78, 5) is 39.3. The predicted octanol–water partition coefficient (Wildman–Crippen LogP) is 3.07. The van der Waals surface area contributed by atoms with Gasteiger partial charge in [-0.2, -0.15) is 5.10 Å². The summed E-state index contributed by atoms with van der Waals surface area (Å²) in [7, 11) is 0. The van der Waals surface area contributed by atoms with E-state index in [2.05, 4.69) is 15.4 Å². The van der Waals surface area contributed by atoms with Crippen molar-refractivity contribution in [1.29, 1.82) is 0 Å². The molecule has 1 amide bonds. The number of nitrogens with one attached hydrogen (secondary N) is 1. The quantitative estimate of drug-likeness (QED) is 0.520. The highest BCUT2D eigenvalue weighted by atomic mass is 35.5. The van der Waals surface area contributed by atoms with Crippen LogP contribution in [0.5, 0.6) is 0 Å². The number of carbonyl (C=O) groups is 1. The minimum absolute atomic E-state index is 0.0641. The van der Waals surface area contributed by atoms with Crippen molar-refractivity contribution in [1.82, 2.24) is 14.8 Å². The fourth-order valence-corrected chi connectivity index (χ4v) is 2.66. The van der Waals surface area contributed by atoms with Gasteiger partial charge in [0.15, 0.2) is 0 Å². The number of anilines is 1. The lowest BCUT2D eigenvalue weighted by molar-refractivity contribution is -0.383. The minimum atomic E-state index is -1.03. The summed E-state index contributed by atoms with van der Waals surface area (Å²) in [5, 5.41) is 18.0. The van der Waals surface area contributed by atoms with Gasteiger partial charge in [-0.15, -0.1) is 0 Å². The van der Waals surface area contributed by atoms with Crippen molar-refractivity contribution in [3.63, 3.8) is 0 Å². The molecule has 0 spiro atoms. The number of aromatic nitrogens is 3. The summed E-state index contributed by atoms with van der Waals surface area (Å²) in [6.45, 7) is 1.47. The van der Waals surface area contributed by atoms with Gasteiger partial charge in [0.2, 0.25) is 5.91 Å². The lowest BCUT2D eigenvalue weighted by Gasteiger charge is -2.15. The topological polar surface area (TPSA) is 120 Å². The SMILES string of the molecule is CC(C(=O)Nc1cc(Cl)ccc1[N+](=O)[O-])n1nc(-c2cccnc2)ccc1=O. The zero-order valence-electron chi connectivity index (χ0n) is 14.6. The molecule has 1 N–H and O–H groups in total. The van der Waals surface area contributed by atoms with Gasteiger partial charge in [0.05, 0.1) is 10.6 Å². The molecule has 1 unspecified atom stereocenters. The summed E-state index contributed by atoms with van der Waals surface area (Å²) in [6, 6.07) is 9.10. The molecule has 2 heterocycles. The predicted molar refractivity (Wildman–Crippen MR) is 103 cm³/mol. The van der Waals surface area contributed by atoms with E-state index in [0.717, 1.165) is 4.68 Å². The number of nitro groups is 1. The summed E-state index contributed by atoms with van der Waals surface area (Å²) < 4.78 is 1.01. The molecule has 1 atom stereocenters. The fourth-order valence-electron chi connectivity index (χ4n) is 2.49. The van der Waals surface area contributed by atoms with Crippen LogP contribution in [-0.2, 0) is 4.79 Å². The van der Waals surface area contributed by atoms with Gasteiger partial charge in [0.1, 0.15) is 11.7 Å². The van der Waals surface area contributed by atoms with E-state index < -0.39 is 22.4 Å². The fraction of sp³-hybridized carbons (Fsp3) is 0.111. The molecule has 28 heavy (non-hydrogen) atoms. The van der Waals surface area contributed by atoms with Gasteiger partial charge in [-0.3, -0.25) is 24.7 Å². The Balaban J connectivity index is 1.91. The maximum absolute atomic E-state index is 12.6. The Bertz CT molecular complexity index is 1100. The highest BCUT2D eigenvalue weighted by Gasteiger charge is 2.22. The largest absolute Gasteiger partial charge is 0.318 e. The highest BCUT2D eigenvalue weighted by Crippen LogP contribution is 2.28. The molecule has 3 aromatic rings. The molecule has 0 bridgehead atoms. The molecule has 0 aliphatic carbocycles. The number of pyridine rings is 1. The molecule has 9 nitrogen and oxygen atoms in total. The maximum Gasteiger partial charge on any atom is 0.292 e. The molecule has 3 rings (SSSR count). The highest BCUT2D eigenvalue weighted by molar-refractivity contribution is 6.31. The Labute approximate surface area is 163 Å². The third-order valence-electron chi connectivity index (χ3n) is 3.94. The van der Waals surface area contributed by atoms with Crippen LogP contribution in [-0.4, -0.2) is 25.6 Å². The number of nitro benzene ring substituents is 1. The standard InChI is InChI=1S/C18H14ClN5O4/c1-11(18(26)21-15-9-13(19)4-6-16(15)24(27)28)23-17(25)7-5-14(22-23)12-3-2-8-20-10-12/h2-11H,1H3,(H,21,26). The number of nitrogens with zero attached hydrogens (tertiary/aromatic N) is 4. The third kappa shape index (κ3) is 4.04. The molecule has 142 valence electrons. The third-order valence-corrected chi connectivity index (χ3v) is 4.18. The van der Waals surface area contributed by atoms with Crippen molar-refractivity contribution in [3.05, 3.63) is 80.3 Å². The van der Waals surface area contributed by atoms with E-state index in [1.54, 1.807) is 24.5 Å². The molecular weight excluding hydrogens is 386 g/mol. The molecule has 0 saturated carbocycles. The Morgan fingerprint density at radius 3 is 2.75 bits per heavy atom. The van der Waals surface area contributed by atoms with Gasteiger partial charge in [0, 0.05) is 35.1 Å². The normalized spacial score (nSPS) is 11.6. The van der Waals surface area contributed by atoms with Crippen LogP contribution in [0.3, 0.4) is 0 Å². The van der Waals surface area contributed by atoms with Crippen LogP contribution in [0.15, 0.2) is 59.7 Å². The smallest absolute Gasteiger partial charge is 0.292 e. The number of benzene rings is 1. The number of rotatable bonds is 5. The first-order valence-electron chi connectivity index (χ1n) is 8.12. The Morgan fingerprint density at radius 1 is 1.29 bits per heavy atom. The van der Waals surface area contributed by atoms with Gasteiger partial charge in [-0.25, -0.2) is 4.68 Å². The van der Waals surface area contributed by atoms with Gasteiger partial charge in [0.25, 0.3) is 11.2 Å². The van der Waals surface area contributed by atoms with Gasteiger partial charge in [-0.1, -0.05) is 11.6 Å². The van der Waals surface area contributed by atoms with Crippen LogP contribution in [0.1, 0.15) is 13.0 Å². The lowest BCUT2D eigenvalue weighted by atomic mass is 10.2. The number of amides is 1. The average Bonchev–Trinajstić information content (AvgIpc) is 2.68. The number of hydrogen-bond acceptors (Lipinski definition) is 6. The Hall–Kier alpha value is -3.59. The van der Waals surface area contributed by atoms with Gasteiger partial charge < -0.3 is 5.32 Å². The molecule has 1 aromatic carbocycles. The summed E-state index contributed by atoms with van der Waals surface area (Å²) in [6.07, 6.45) is 3.19. The minimum Gasteiger partial charge on any atom is -0.318 e. The van der Waals surface area contributed by atoms with E-state index in [4.69, 9.17) is 11.6 Å². The van der Waals surface area contributed by atoms with E-state index in [-0.39, 0.29) is 16.4 Å². The number of halogens is 1. The second-order valence-corrected chi connectivity index (χ2v) is 6.26. The zero-order chi connectivity index (χ0) is 20.3. The molecular formula is C18H14ClN5O4. The molecule has 10 heteroatoms. The monoisotopic (exact) mass is 399 g/mol. The van der Waals surface area contributed by atoms with E-state index in [9.17, 15) is 19.7 Å². The molecule has 0 aliphatic heterocycles. The zero-order valence-corrected chi connectivity index (χ0v) is 15.3. The maximum atomic E-state index is 12.6. The first-order valence-corrected chi connectivity index (χ1v) is 8.49. The molecule has 0 radical (unpaired) electrons.